The number of benzene rings is 2. The average Bonchev–Trinajstić information content (AvgIpc) is 2.75. The molecule has 0 saturated heterocycles. The predicted molar refractivity (Wildman–Crippen MR) is 141 cm³/mol. The summed E-state index contributed by atoms with van der Waals surface area (Å²) in [5.74, 6) is 0. The number of unbranched alkanes of at least 4 members (excludes halogenated alkanes) is 2. The molecule has 188 valence electrons. The van der Waals surface area contributed by atoms with Crippen molar-refractivity contribution in [2.24, 2.45) is 0 Å². The van der Waals surface area contributed by atoms with Crippen LogP contribution in [-0.4, -0.2) is 32.6 Å². The van der Waals surface area contributed by atoms with Gasteiger partial charge in [-0.3, -0.25) is 0 Å². The zero-order valence-electron chi connectivity index (χ0n) is 18.3. The van der Waals surface area contributed by atoms with E-state index in [1.807, 2.05) is 13.8 Å². The van der Waals surface area contributed by atoms with Crippen LogP contribution in [0.3, 0.4) is 0 Å². The minimum atomic E-state index is -1.02. The molecule has 8 heteroatoms. The van der Waals surface area contributed by atoms with Gasteiger partial charge in [-0.2, -0.15) is 0 Å². The Kier molecular flexibility index (Phi) is 16.7. The van der Waals surface area contributed by atoms with Gasteiger partial charge >= 0.3 is 0 Å². The van der Waals surface area contributed by atoms with E-state index in [-0.39, 0.29) is 7.43 Å². The fourth-order valence-corrected chi connectivity index (χ4v) is 4.36. The molecule has 0 aliphatic carbocycles. The maximum atomic E-state index is 9.96. The van der Waals surface area contributed by atoms with E-state index in [0.29, 0.717) is 44.1 Å². The molecular formula is C25H36Cl4O4. The molecule has 2 aromatic carbocycles. The molecule has 0 amide bonds. The van der Waals surface area contributed by atoms with E-state index in [9.17, 15) is 20.4 Å². The monoisotopic (exact) mass is 540 g/mol. The van der Waals surface area contributed by atoms with Gasteiger partial charge in [0.2, 0.25) is 0 Å². The number of hydrogen-bond acceptors (Lipinski definition) is 4. The lowest BCUT2D eigenvalue weighted by Gasteiger charge is -2.20. The Labute approximate surface area is 218 Å². The van der Waals surface area contributed by atoms with Gasteiger partial charge in [0.1, 0.15) is 12.2 Å². The van der Waals surface area contributed by atoms with Crippen LogP contribution in [0.2, 0.25) is 20.1 Å². The quantitative estimate of drug-likeness (QED) is 0.247. The van der Waals surface area contributed by atoms with E-state index in [1.165, 1.54) is 0 Å². The van der Waals surface area contributed by atoms with Gasteiger partial charge in [-0.1, -0.05) is 105 Å². The number of hydrogen-bond donors (Lipinski definition) is 4. The topological polar surface area (TPSA) is 80.9 Å². The lowest BCUT2D eigenvalue weighted by molar-refractivity contribution is 0.0124. The van der Waals surface area contributed by atoms with Gasteiger partial charge in [0.25, 0.3) is 0 Å². The van der Waals surface area contributed by atoms with Crippen LogP contribution in [0.25, 0.3) is 0 Å². The van der Waals surface area contributed by atoms with Crippen molar-refractivity contribution in [2.75, 3.05) is 0 Å². The zero-order chi connectivity index (χ0) is 24.3. The molecule has 0 aliphatic rings. The van der Waals surface area contributed by atoms with Crippen molar-refractivity contribution in [3.63, 3.8) is 0 Å². The summed E-state index contributed by atoms with van der Waals surface area (Å²) in [5.41, 5.74) is 0.823. The predicted octanol–water partition coefficient (Wildman–Crippen LogP) is 7.79. The Bertz CT molecular complexity index is 711. The minimum Gasteiger partial charge on any atom is -0.390 e. The van der Waals surface area contributed by atoms with Crippen molar-refractivity contribution in [2.45, 2.75) is 84.2 Å². The van der Waals surface area contributed by atoms with E-state index in [2.05, 4.69) is 0 Å². The van der Waals surface area contributed by atoms with Gasteiger partial charge < -0.3 is 20.4 Å². The van der Waals surface area contributed by atoms with Crippen molar-refractivity contribution in [3.05, 3.63) is 67.6 Å². The van der Waals surface area contributed by atoms with E-state index < -0.39 is 24.4 Å². The summed E-state index contributed by atoms with van der Waals surface area (Å²) < 4.78 is 0. The van der Waals surface area contributed by atoms with Gasteiger partial charge in [-0.25, -0.2) is 0 Å². The summed E-state index contributed by atoms with van der Waals surface area (Å²) in [4.78, 5) is 0. The summed E-state index contributed by atoms with van der Waals surface area (Å²) >= 11 is 23.8. The maximum Gasteiger partial charge on any atom is 0.108 e. The molecule has 0 radical (unpaired) electrons. The molecule has 4 nitrogen and oxygen atoms in total. The SMILES string of the molecule is C.CCCC[C@@H](O)[C@H](O)c1c(Cl)cccc1Cl.CCCC[C@H](O)[C@@H](O)c1c(Cl)cccc1Cl. The number of rotatable bonds is 10. The normalized spacial score (nSPS) is 14.4. The third-order valence-corrected chi connectivity index (χ3v) is 6.35. The molecule has 0 aliphatic heterocycles. The highest BCUT2D eigenvalue weighted by atomic mass is 35.5. The first-order valence-corrected chi connectivity index (χ1v) is 12.3. The molecule has 4 N–H and O–H groups in total. The average molecular weight is 542 g/mol. The third kappa shape index (κ3) is 10.3. The molecule has 33 heavy (non-hydrogen) atoms. The lowest BCUT2D eigenvalue weighted by Crippen LogP contribution is -2.18. The Balaban J connectivity index is 0.000000602. The van der Waals surface area contributed by atoms with Crippen LogP contribution in [0.15, 0.2) is 36.4 Å². The third-order valence-electron chi connectivity index (χ3n) is 5.03. The van der Waals surface area contributed by atoms with Crippen molar-refractivity contribution in [1.29, 1.82) is 0 Å². The van der Waals surface area contributed by atoms with Gasteiger partial charge in [0.15, 0.2) is 0 Å². The van der Waals surface area contributed by atoms with E-state index in [4.69, 9.17) is 46.4 Å². The minimum absolute atomic E-state index is 0. The van der Waals surface area contributed by atoms with E-state index >= 15 is 0 Å². The summed E-state index contributed by atoms with van der Waals surface area (Å²) in [7, 11) is 0. The first-order valence-electron chi connectivity index (χ1n) is 10.8. The summed E-state index contributed by atoms with van der Waals surface area (Å²) in [5, 5.41) is 41.0. The fourth-order valence-electron chi connectivity index (χ4n) is 3.11. The van der Waals surface area contributed by atoms with Crippen molar-refractivity contribution in [1.82, 2.24) is 0 Å². The van der Waals surface area contributed by atoms with Crippen LogP contribution in [0.4, 0.5) is 0 Å². The molecule has 0 fully saturated rings. The molecule has 0 unspecified atom stereocenters. The number of aliphatic hydroxyl groups excluding tert-OH is 4. The fraction of sp³-hybridized carbons (Fsp3) is 0.520. The molecule has 0 saturated carbocycles. The lowest BCUT2D eigenvalue weighted by atomic mass is 10.0. The molecule has 2 aromatic rings. The zero-order valence-corrected chi connectivity index (χ0v) is 21.3. The Morgan fingerprint density at radius 2 is 0.879 bits per heavy atom. The van der Waals surface area contributed by atoms with Crippen molar-refractivity contribution >= 4 is 46.4 Å². The Morgan fingerprint density at radius 3 is 1.12 bits per heavy atom. The molecule has 0 heterocycles. The molecule has 4 atom stereocenters. The van der Waals surface area contributed by atoms with Crippen LogP contribution in [0, 0.1) is 0 Å². The van der Waals surface area contributed by atoms with Crippen molar-refractivity contribution < 1.29 is 20.4 Å². The van der Waals surface area contributed by atoms with E-state index in [1.54, 1.807) is 36.4 Å². The standard InChI is InChI=1S/2C12H16Cl2O2.CH4/c2*1-2-3-7-10(15)12(16)11-8(13)5-4-6-9(11)14;/h2*4-6,10,12,15-16H,2-3,7H2,1H3;1H4/t2*10-,12+;/m10./s1. The van der Waals surface area contributed by atoms with Crippen LogP contribution < -0.4 is 0 Å². The van der Waals surface area contributed by atoms with Gasteiger partial charge in [-0.05, 0) is 37.1 Å². The smallest absolute Gasteiger partial charge is 0.108 e. The first kappa shape index (κ1) is 32.4. The summed E-state index contributed by atoms with van der Waals surface area (Å²) in [6, 6.07) is 10.0. The highest BCUT2D eigenvalue weighted by molar-refractivity contribution is 6.36. The molecule has 2 rings (SSSR count). The second-order valence-corrected chi connectivity index (χ2v) is 9.21. The molecule has 0 bridgehead atoms. The van der Waals surface area contributed by atoms with Crippen molar-refractivity contribution in [3.8, 4) is 0 Å². The second kappa shape index (κ2) is 17.0. The van der Waals surface area contributed by atoms with Crippen LogP contribution in [-0.2, 0) is 0 Å². The Morgan fingerprint density at radius 1 is 0.606 bits per heavy atom. The molecule has 0 aromatic heterocycles. The Hall–Kier alpha value is -0.560. The van der Waals surface area contributed by atoms with E-state index in [0.717, 1.165) is 25.7 Å². The highest BCUT2D eigenvalue weighted by Gasteiger charge is 2.23. The number of halogens is 4. The summed E-state index contributed by atoms with van der Waals surface area (Å²) in [6.45, 7) is 4.06. The van der Waals surface area contributed by atoms with Crippen LogP contribution >= 0.6 is 46.4 Å². The van der Waals surface area contributed by atoms with Crippen LogP contribution in [0.5, 0.6) is 0 Å². The van der Waals surface area contributed by atoms with Gasteiger partial charge in [-0.15, -0.1) is 0 Å². The summed E-state index contributed by atoms with van der Waals surface area (Å²) in [6.07, 6.45) is 1.06. The van der Waals surface area contributed by atoms with Gasteiger partial charge in [0.05, 0.1) is 12.2 Å². The molecular weight excluding hydrogens is 506 g/mol. The molecule has 0 spiro atoms. The second-order valence-electron chi connectivity index (χ2n) is 7.58. The largest absolute Gasteiger partial charge is 0.390 e. The van der Waals surface area contributed by atoms with Gasteiger partial charge in [0, 0.05) is 31.2 Å². The maximum absolute atomic E-state index is 9.96. The highest BCUT2D eigenvalue weighted by Crippen LogP contribution is 2.34. The first-order chi connectivity index (χ1) is 15.1. The number of aliphatic hydroxyl groups is 4. The van der Waals surface area contributed by atoms with Crippen LogP contribution in [0.1, 0.15) is 83.1 Å².